The fourth-order valence-corrected chi connectivity index (χ4v) is 9.42. The first-order chi connectivity index (χ1) is 27.6. The Morgan fingerprint density at radius 3 is 1.91 bits per heavy atom. The number of fused-ring (bicyclic) bond motifs is 3. The van der Waals surface area contributed by atoms with Gasteiger partial charge in [-0.1, -0.05) is 93.9 Å². The number of hydrogen-bond donors (Lipinski definition) is 0. The molecular weight excluding hydrogens is 951 g/mol. The molecule has 7 heteroatoms. The Hall–Kier alpha value is -5.27. The van der Waals surface area contributed by atoms with Crippen LogP contribution in [0.1, 0.15) is 50.7 Å². The van der Waals surface area contributed by atoms with E-state index in [0.717, 1.165) is 33.7 Å². The molecular formula is C51H47GeIrN3O2-2. The number of ether oxygens (including phenoxy) is 2. The summed E-state index contributed by atoms with van der Waals surface area (Å²) in [4.78, 5) is 9.73. The molecule has 0 spiro atoms. The number of imidazole rings is 1. The molecule has 58 heavy (non-hydrogen) atoms. The van der Waals surface area contributed by atoms with Crippen LogP contribution in [0.2, 0.25) is 17.3 Å². The largest absolute Gasteiger partial charge is 0 e. The van der Waals surface area contributed by atoms with Gasteiger partial charge in [-0.2, -0.15) is 0 Å². The van der Waals surface area contributed by atoms with E-state index in [4.69, 9.17) is 14.5 Å². The summed E-state index contributed by atoms with van der Waals surface area (Å²) in [5, 5.41) is 0. The molecule has 9 rings (SSSR count). The third-order valence-electron chi connectivity index (χ3n) is 10.3. The molecule has 0 N–H and O–H groups in total. The maximum absolute atomic E-state index is 6.47. The van der Waals surface area contributed by atoms with Gasteiger partial charge in [0, 0.05) is 25.8 Å². The van der Waals surface area contributed by atoms with Crippen LogP contribution in [-0.2, 0) is 20.1 Å². The molecule has 0 amide bonds. The van der Waals surface area contributed by atoms with E-state index in [1.165, 1.54) is 32.3 Å². The average molecular weight is 999 g/mol. The number of benzene rings is 6. The molecule has 0 saturated carbocycles. The summed E-state index contributed by atoms with van der Waals surface area (Å²) in [6.45, 7) is 9.06. The van der Waals surface area contributed by atoms with Crippen molar-refractivity contribution < 1.29 is 29.6 Å². The first kappa shape index (κ1) is 40.9. The summed E-state index contributed by atoms with van der Waals surface area (Å²) in [5.74, 6) is 11.1. The Labute approximate surface area is 358 Å². The summed E-state index contributed by atoms with van der Waals surface area (Å²) in [5.41, 5.74) is 11.0. The van der Waals surface area contributed by atoms with Crippen molar-refractivity contribution in [3.8, 4) is 62.5 Å². The molecule has 8 aromatic rings. The van der Waals surface area contributed by atoms with Crippen molar-refractivity contribution in [2.45, 2.75) is 56.8 Å². The van der Waals surface area contributed by atoms with Crippen LogP contribution in [0.4, 0.5) is 0 Å². The SMILES string of the molecule is CC(C)c1cc(-c2ccccc2)cc(C(C)C)c1-n1c(-c2[c-]ccc3c2Oc2ccccc2O3)nc2ccccc21.[CH3][Ge]([CH3])([CH3])[c]1ccc(-c2[c-]cccc2)nc1.[Ir]. The zero-order chi connectivity index (χ0) is 39.7. The Bertz CT molecular complexity index is 2640. The van der Waals surface area contributed by atoms with Gasteiger partial charge in [-0.05, 0) is 70.5 Å². The van der Waals surface area contributed by atoms with Crippen LogP contribution < -0.4 is 13.9 Å². The van der Waals surface area contributed by atoms with Gasteiger partial charge in [-0.15, -0.1) is 12.1 Å². The van der Waals surface area contributed by atoms with Crippen molar-refractivity contribution in [2.75, 3.05) is 0 Å². The van der Waals surface area contributed by atoms with Gasteiger partial charge in [0.1, 0.15) is 0 Å². The molecule has 0 unspecified atom stereocenters. The number of rotatable bonds is 7. The van der Waals surface area contributed by atoms with E-state index < -0.39 is 13.3 Å². The van der Waals surface area contributed by atoms with Crippen molar-refractivity contribution in [3.05, 3.63) is 169 Å². The predicted octanol–water partition coefficient (Wildman–Crippen LogP) is 13.4. The average Bonchev–Trinajstić information content (AvgIpc) is 3.62. The second-order valence-corrected chi connectivity index (χ2v) is 26.7. The van der Waals surface area contributed by atoms with Crippen molar-refractivity contribution in [1.29, 1.82) is 0 Å². The van der Waals surface area contributed by atoms with E-state index in [9.17, 15) is 0 Å². The van der Waals surface area contributed by atoms with E-state index in [1.54, 1.807) is 0 Å². The number of aromatic nitrogens is 3. The minimum Gasteiger partial charge on any atom is 0 e. The number of para-hydroxylation sites is 4. The van der Waals surface area contributed by atoms with Crippen molar-refractivity contribution in [2.24, 2.45) is 0 Å². The van der Waals surface area contributed by atoms with Crippen molar-refractivity contribution in [1.82, 2.24) is 14.5 Å². The molecule has 1 radical (unpaired) electrons. The zero-order valence-electron chi connectivity index (χ0n) is 34.0. The first-order valence-electron chi connectivity index (χ1n) is 19.7. The van der Waals surface area contributed by atoms with Gasteiger partial charge in [0.15, 0.2) is 11.5 Å². The van der Waals surface area contributed by atoms with Crippen LogP contribution >= 0.6 is 0 Å². The molecule has 0 bridgehead atoms. The van der Waals surface area contributed by atoms with Gasteiger partial charge in [-0.3, -0.25) is 4.98 Å². The molecule has 2 aromatic heterocycles. The van der Waals surface area contributed by atoms with E-state index in [1.807, 2.05) is 72.9 Å². The fraction of sp³-hybridized carbons (Fsp3) is 0.176. The Morgan fingerprint density at radius 2 is 1.28 bits per heavy atom. The second kappa shape index (κ2) is 17.3. The zero-order valence-corrected chi connectivity index (χ0v) is 38.5. The summed E-state index contributed by atoms with van der Waals surface area (Å²) in [7, 11) is 0. The van der Waals surface area contributed by atoms with Gasteiger partial charge < -0.3 is 14.0 Å². The Kier molecular flexibility index (Phi) is 12.2. The van der Waals surface area contributed by atoms with Crippen LogP contribution in [0.25, 0.3) is 50.5 Å². The number of hydrogen-bond acceptors (Lipinski definition) is 4. The molecule has 1 aliphatic heterocycles. The Morgan fingerprint density at radius 1 is 0.621 bits per heavy atom. The topological polar surface area (TPSA) is 49.2 Å². The standard InChI is InChI=1S/C37H31N2O2.C14H16GeN.Ir/c1-23(2)28-21-26(25-13-6-5-7-14-25)22-29(24(3)4)35(28)39-31-17-9-8-16-30(31)38-37(39)27-15-12-20-34-36(27)41-33-19-11-10-18-32(33)40-34;1-15(2,3)13-9-10-14(16-11-13)12-7-5-4-6-8-12;/h5-14,16-24H,1-4H3;4-7,9-11H,1-3H3;/q2*-1;. The number of nitrogens with zero attached hydrogens (tertiary/aromatic N) is 3. The third kappa shape index (κ3) is 8.33. The molecule has 0 atom stereocenters. The van der Waals surface area contributed by atoms with E-state index >= 15 is 0 Å². The maximum Gasteiger partial charge on any atom is 0 e. The summed E-state index contributed by atoms with van der Waals surface area (Å²) >= 11 is -1.72. The maximum atomic E-state index is 6.47. The summed E-state index contributed by atoms with van der Waals surface area (Å²) < 4.78 is 16.5. The van der Waals surface area contributed by atoms with E-state index in [2.05, 4.69) is 139 Å². The molecule has 3 heterocycles. The monoisotopic (exact) mass is 1000 g/mol. The molecule has 1 aliphatic rings. The molecule has 293 valence electrons. The van der Waals surface area contributed by atoms with E-state index in [-0.39, 0.29) is 31.9 Å². The van der Waals surface area contributed by atoms with Crippen LogP contribution in [-0.4, -0.2) is 27.8 Å². The van der Waals surface area contributed by atoms with Gasteiger partial charge in [0.2, 0.25) is 0 Å². The van der Waals surface area contributed by atoms with Crippen molar-refractivity contribution in [3.63, 3.8) is 0 Å². The number of pyridine rings is 1. The van der Waals surface area contributed by atoms with Crippen LogP contribution in [0, 0.1) is 12.1 Å². The first-order valence-corrected chi connectivity index (χ1v) is 27.1. The van der Waals surface area contributed by atoms with Crippen LogP contribution in [0.15, 0.2) is 146 Å². The summed E-state index contributed by atoms with van der Waals surface area (Å²) in [6.07, 6.45) is 2.04. The normalized spacial score (nSPS) is 11.8. The van der Waals surface area contributed by atoms with Crippen LogP contribution in [0.3, 0.4) is 0 Å². The minimum atomic E-state index is -1.72. The van der Waals surface area contributed by atoms with Gasteiger partial charge in [-0.25, -0.2) is 0 Å². The fourth-order valence-electron chi connectivity index (χ4n) is 7.25. The molecule has 0 saturated heterocycles. The quantitative estimate of drug-likeness (QED) is 0.118. The van der Waals surface area contributed by atoms with E-state index in [0.29, 0.717) is 23.0 Å². The molecule has 0 aliphatic carbocycles. The van der Waals surface area contributed by atoms with Crippen LogP contribution in [0.5, 0.6) is 23.0 Å². The molecule has 5 nitrogen and oxygen atoms in total. The van der Waals surface area contributed by atoms with Gasteiger partial charge in [0.25, 0.3) is 0 Å². The Balaban J connectivity index is 0.000000254. The predicted molar refractivity (Wildman–Crippen MR) is 237 cm³/mol. The summed E-state index contributed by atoms with van der Waals surface area (Å²) in [6, 6.07) is 54.1. The molecule has 0 fully saturated rings. The van der Waals surface area contributed by atoms with Crippen molar-refractivity contribution >= 4 is 28.7 Å². The van der Waals surface area contributed by atoms with Gasteiger partial charge >= 0.3 is 99.8 Å². The molecule has 6 aromatic carbocycles. The second-order valence-electron chi connectivity index (χ2n) is 16.1. The van der Waals surface area contributed by atoms with Gasteiger partial charge in [0.05, 0.1) is 28.4 Å². The smallest absolute Gasteiger partial charge is 0 e. The minimum absolute atomic E-state index is 0. The third-order valence-corrected chi connectivity index (χ3v) is 14.6.